The van der Waals surface area contributed by atoms with Crippen molar-refractivity contribution in [2.24, 2.45) is 0 Å². The number of hydrogen-bond donors (Lipinski definition) is 0. The zero-order chi connectivity index (χ0) is 9.52. The Bertz CT molecular complexity index is 119. The molecule has 0 radical (unpaired) electrons. The van der Waals surface area contributed by atoms with Crippen molar-refractivity contribution in [2.45, 2.75) is 64.8 Å². The molecule has 0 aromatic heterocycles. The summed E-state index contributed by atoms with van der Waals surface area (Å²) in [5.74, 6) is 0. The molecular weight excluding hydrogens is 164 g/mol. The van der Waals surface area contributed by atoms with Crippen molar-refractivity contribution in [3.05, 3.63) is 0 Å². The van der Waals surface area contributed by atoms with Crippen LogP contribution in [-0.4, -0.2) is 19.0 Å². The second-order valence-electron chi connectivity index (χ2n) is 3.89. The summed E-state index contributed by atoms with van der Waals surface area (Å²) >= 11 is 0. The molecule has 1 heterocycles. The van der Waals surface area contributed by atoms with Crippen LogP contribution in [0.15, 0.2) is 0 Å². The predicted molar refractivity (Wildman–Crippen MR) is 53.7 cm³/mol. The number of rotatable bonds is 5. The fourth-order valence-corrected chi connectivity index (χ4v) is 1.64. The number of ether oxygens (including phenoxy) is 2. The molecule has 1 saturated heterocycles. The van der Waals surface area contributed by atoms with Gasteiger partial charge in [0.1, 0.15) is 0 Å². The lowest BCUT2D eigenvalue weighted by molar-refractivity contribution is -0.185. The third-order valence-corrected chi connectivity index (χ3v) is 2.49. The Kier molecular flexibility index (Phi) is 5.40. The molecule has 78 valence electrons. The highest BCUT2D eigenvalue weighted by molar-refractivity contribution is 4.57. The monoisotopic (exact) mass is 186 g/mol. The Morgan fingerprint density at radius 1 is 1.46 bits per heavy atom. The average Bonchev–Trinajstić information content (AvgIpc) is 2.16. The van der Waals surface area contributed by atoms with E-state index < -0.39 is 0 Å². The molecule has 0 bridgehead atoms. The van der Waals surface area contributed by atoms with Gasteiger partial charge in [-0.15, -0.1) is 0 Å². The summed E-state index contributed by atoms with van der Waals surface area (Å²) in [5, 5.41) is 0. The summed E-state index contributed by atoms with van der Waals surface area (Å²) in [6.45, 7) is 5.24. The van der Waals surface area contributed by atoms with Crippen LogP contribution in [0.3, 0.4) is 0 Å². The highest BCUT2D eigenvalue weighted by Crippen LogP contribution is 2.17. The largest absolute Gasteiger partial charge is 0.353 e. The molecule has 0 aliphatic carbocycles. The van der Waals surface area contributed by atoms with Crippen LogP contribution in [0.2, 0.25) is 0 Å². The Morgan fingerprint density at radius 3 is 2.92 bits per heavy atom. The molecule has 0 aromatic rings. The van der Waals surface area contributed by atoms with Crippen molar-refractivity contribution < 1.29 is 9.47 Å². The highest BCUT2D eigenvalue weighted by Gasteiger charge is 2.16. The summed E-state index contributed by atoms with van der Waals surface area (Å²) in [6, 6.07) is 0. The van der Waals surface area contributed by atoms with Crippen molar-refractivity contribution in [3.63, 3.8) is 0 Å². The van der Waals surface area contributed by atoms with Crippen LogP contribution < -0.4 is 0 Å². The van der Waals surface area contributed by atoms with Crippen molar-refractivity contribution in [2.75, 3.05) is 6.61 Å². The molecular formula is C11H22O2. The number of unbranched alkanes of at least 4 members (excludes halogenated alkanes) is 1. The maximum Gasteiger partial charge on any atom is 0.157 e. The van der Waals surface area contributed by atoms with E-state index in [1.165, 1.54) is 25.7 Å². The van der Waals surface area contributed by atoms with Crippen LogP contribution in [0, 0.1) is 0 Å². The molecule has 0 aromatic carbocycles. The molecule has 2 atom stereocenters. The van der Waals surface area contributed by atoms with Gasteiger partial charge in [-0.2, -0.15) is 0 Å². The van der Waals surface area contributed by atoms with Gasteiger partial charge in [0.2, 0.25) is 0 Å². The average molecular weight is 186 g/mol. The molecule has 0 spiro atoms. The molecule has 2 heteroatoms. The van der Waals surface area contributed by atoms with E-state index in [2.05, 4.69) is 13.8 Å². The van der Waals surface area contributed by atoms with Crippen molar-refractivity contribution >= 4 is 0 Å². The first kappa shape index (κ1) is 11.0. The van der Waals surface area contributed by atoms with Gasteiger partial charge in [-0.3, -0.25) is 0 Å². The Labute approximate surface area is 81.6 Å². The minimum atomic E-state index is 0.0839. The third-order valence-electron chi connectivity index (χ3n) is 2.49. The van der Waals surface area contributed by atoms with Gasteiger partial charge >= 0.3 is 0 Å². The van der Waals surface area contributed by atoms with Crippen LogP contribution in [0.1, 0.15) is 52.4 Å². The smallest absolute Gasteiger partial charge is 0.157 e. The van der Waals surface area contributed by atoms with E-state index in [4.69, 9.17) is 9.47 Å². The second-order valence-corrected chi connectivity index (χ2v) is 3.89. The zero-order valence-corrected chi connectivity index (χ0v) is 8.92. The molecule has 0 N–H and O–H groups in total. The zero-order valence-electron chi connectivity index (χ0n) is 8.92. The lowest BCUT2D eigenvalue weighted by Gasteiger charge is -2.25. The van der Waals surface area contributed by atoms with Gasteiger partial charge in [0.25, 0.3) is 0 Å². The van der Waals surface area contributed by atoms with E-state index in [0.717, 1.165) is 19.4 Å². The fraction of sp³-hybridized carbons (Fsp3) is 1.00. The third kappa shape index (κ3) is 4.63. The summed E-state index contributed by atoms with van der Waals surface area (Å²) in [4.78, 5) is 0. The summed E-state index contributed by atoms with van der Waals surface area (Å²) in [5.41, 5.74) is 0. The molecule has 1 aliphatic rings. The maximum absolute atomic E-state index is 5.77. The van der Waals surface area contributed by atoms with Crippen LogP contribution >= 0.6 is 0 Å². The first-order valence-electron chi connectivity index (χ1n) is 5.60. The van der Waals surface area contributed by atoms with Gasteiger partial charge in [-0.25, -0.2) is 0 Å². The minimum Gasteiger partial charge on any atom is -0.353 e. The van der Waals surface area contributed by atoms with Gasteiger partial charge in [0.05, 0.1) is 6.10 Å². The van der Waals surface area contributed by atoms with E-state index in [1.54, 1.807) is 0 Å². The lowest BCUT2D eigenvalue weighted by atomic mass is 10.1. The molecule has 2 nitrogen and oxygen atoms in total. The standard InChI is InChI=1S/C11H22O2/c1-3-4-7-10(2)13-11-8-5-6-9-12-11/h10-11H,3-9H2,1-2H3. The summed E-state index contributed by atoms with van der Waals surface area (Å²) in [7, 11) is 0. The lowest BCUT2D eigenvalue weighted by Crippen LogP contribution is -2.26. The van der Waals surface area contributed by atoms with E-state index in [9.17, 15) is 0 Å². The van der Waals surface area contributed by atoms with Gasteiger partial charge in [-0.05, 0) is 32.6 Å². The highest BCUT2D eigenvalue weighted by atomic mass is 16.7. The van der Waals surface area contributed by atoms with Crippen molar-refractivity contribution in [1.82, 2.24) is 0 Å². The van der Waals surface area contributed by atoms with Gasteiger partial charge in [0, 0.05) is 6.61 Å². The number of hydrogen-bond acceptors (Lipinski definition) is 2. The quantitative estimate of drug-likeness (QED) is 0.657. The Morgan fingerprint density at radius 2 is 2.31 bits per heavy atom. The van der Waals surface area contributed by atoms with Crippen LogP contribution in [0.25, 0.3) is 0 Å². The topological polar surface area (TPSA) is 18.5 Å². The molecule has 0 saturated carbocycles. The van der Waals surface area contributed by atoms with Crippen LogP contribution in [0.4, 0.5) is 0 Å². The first-order valence-corrected chi connectivity index (χ1v) is 5.60. The van der Waals surface area contributed by atoms with Gasteiger partial charge < -0.3 is 9.47 Å². The summed E-state index contributed by atoms with van der Waals surface area (Å²) in [6.07, 6.45) is 7.65. The Hall–Kier alpha value is -0.0800. The van der Waals surface area contributed by atoms with Crippen LogP contribution in [-0.2, 0) is 9.47 Å². The molecule has 1 rings (SSSR count). The van der Waals surface area contributed by atoms with Crippen LogP contribution in [0.5, 0.6) is 0 Å². The SMILES string of the molecule is CCCCC(C)OC1CCCCO1. The first-order chi connectivity index (χ1) is 6.33. The molecule has 0 amide bonds. The molecule has 1 fully saturated rings. The molecule has 13 heavy (non-hydrogen) atoms. The van der Waals surface area contributed by atoms with Crippen molar-refractivity contribution in [3.8, 4) is 0 Å². The second kappa shape index (κ2) is 6.39. The fourth-order valence-electron chi connectivity index (χ4n) is 1.64. The summed E-state index contributed by atoms with van der Waals surface area (Å²) < 4.78 is 11.3. The minimum absolute atomic E-state index is 0.0839. The van der Waals surface area contributed by atoms with Gasteiger partial charge in [0.15, 0.2) is 6.29 Å². The predicted octanol–water partition coefficient (Wildman–Crippen LogP) is 3.11. The van der Waals surface area contributed by atoms with E-state index >= 15 is 0 Å². The Balaban J connectivity index is 2.07. The van der Waals surface area contributed by atoms with Gasteiger partial charge in [-0.1, -0.05) is 19.8 Å². The van der Waals surface area contributed by atoms with E-state index in [0.29, 0.717) is 6.10 Å². The molecule has 2 unspecified atom stereocenters. The van der Waals surface area contributed by atoms with E-state index in [-0.39, 0.29) is 6.29 Å². The maximum atomic E-state index is 5.77. The van der Waals surface area contributed by atoms with E-state index in [1.807, 2.05) is 0 Å². The molecule has 1 aliphatic heterocycles. The normalized spacial score (nSPS) is 25.8. The van der Waals surface area contributed by atoms with Crippen molar-refractivity contribution in [1.29, 1.82) is 0 Å².